The summed E-state index contributed by atoms with van der Waals surface area (Å²) in [6.07, 6.45) is 2.05. The zero-order chi connectivity index (χ0) is 16.5. The van der Waals surface area contributed by atoms with E-state index in [0.29, 0.717) is 23.8 Å². The Labute approximate surface area is 137 Å². The molecule has 0 aliphatic rings. The predicted molar refractivity (Wildman–Crippen MR) is 92.1 cm³/mol. The van der Waals surface area contributed by atoms with Gasteiger partial charge in [0.2, 0.25) is 0 Å². The molecule has 23 heavy (non-hydrogen) atoms. The van der Waals surface area contributed by atoms with Gasteiger partial charge in [0.05, 0.1) is 12.3 Å². The van der Waals surface area contributed by atoms with Crippen molar-refractivity contribution in [3.63, 3.8) is 0 Å². The maximum Gasteiger partial charge on any atom is 0.262 e. The average molecular weight is 313 g/mol. The van der Waals surface area contributed by atoms with Gasteiger partial charge in [0.25, 0.3) is 5.91 Å². The summed E-state index contributed by atoms with van der Waals surface area (Å²) in [5.74, 6) is 1.15. The topological polar surface area (TPSA) is 47.6 Å². The first kappa shape index (κ1) is 16.9. The fourth-order valence-electron chi connectivity index (χ4n) is 1.99. The number of amides is 1. The van der Waals surface area contributed by atoms with Gasteiger partial charge >= 0.3 is 0 Å². The summed E-state index contributed by atoms with van der Waals surface area (Å²) in [5.41, 5.74) is 1.82. The van der Waals surface area contributed by atoms with Crippen molar-refractivity contribution in [2.75, 3.05) is 18.5 Å². The Kier molecular flexibility index (Phi) is 6.48. The van der Waals surface area contributed by atoms with Crippen LogP contribution in [0.5, 0.6) is 11.5 Å². The van der Waals surface area contributed by atoms with Gasteiger partial charge in [0.15, 0.2) is 6.61 Å². The summed E-state index contributed by atoms with van der Waals surface area (Å²) in [6.45, 7) is 4.72. The van der Waals surface area contributed by atoms with E-state index in [1.54, 1.807) is 0 Å². The van der Waals surface area contributed by atoms with Crippen LogP contribution in [-0.4, -0.2) is 19.1 Å². The van der Waals surface area contributed by atoms with E-state index in [0.717, 1.165) is 18.4 Å². The maximum atomic E-state index is 12.0. The minimum absolute atomic E-state index is 0.0354. The number of para-hydroxylation sites is 2. The van der Waals surface area contributed by atoms with Crippen LogP contribution in [0.25, 0.3) is 0 Å². The standard InChI is InChI=1S/C19H23NO3/c1-3-4-13-22-18-8-6-5-7-17(18)20-19(21)14-23-16-11-9-15(2)10-12-16/h5-12H,3-4,13-14H2,1-2H3,(H,20,21). The summed E-state index contributed by atoms with van der Waals surface area (Å²) >= 11 is 0. The van der Waals surface area contributed by atoms with Crippen molar-refractivity contribution in [2.24, 2.45) is 0 Å². The molecule has 4 nitrogen and oxygen atoms in total. The van der Waals surface area contributed by atoms with Crippen LogP contribution in [0, 0.1) is 6.92 Å². The van der Waals surface area contributed by atoms with Crippen LogP contribution in [-0.2, 0) is 4.79 Å². The third kappa shape index (κ3) is 5.66. The van der Waals surface area contributed by atoms with E-state index in [1.807, 2.05) is 55.5 Å². The van der Waals surface area contributed by atoms with Crippen LogP contribution in [0.4, 0.5) is 5.69 Å². The van der Waals surface area contributed by atoms with Crippen molar-refractivity contribution in [3.8, 4) is 11.5 Å². The highest BCUT2D eigenvalue weighted by Crippen LogP contribution is 2.24. The smallest absolute Gasteiger partial charge is 0.262 e. The summed E-state index contributed by atoms with van der Waals surface area (Å²) in [4.78, 5) is 12.0. The average Bonchev–Trinajstić information content (AvgIpc) is 2.56. The number of hydrogen-bond acceptors (Lipinski definition) is 3. The Balaban J connectivity index is 1.88. The molecule has 2 rings (SSSR count). The van der Waals surface area contributed by atoms with E-state index in [4.69, 9.17) is 9.47 Å². The highest BCUT2D eigenvalue weighted by atomic mass is 16.5. The number of aryl methyl sites for hydroxylation is 1. The first-order valence-electron chi connectivity index (χ1n) is 7.90. The molecule has 0 radical (unpaired) electrons. The lowest BCUT2D eigenvalue weighted by atomic mass is 10.2. The van der Waals surface area contributed by atoms with E-state index in [1.165, 1.54) is 0 Å². The van der Waals surface area contributed by atoms with E-state index in [2.05, 4.69) is 12.2 Å². The monoisotopic (exact) mass is 313 g/mol. The fraction of sp³-hybridized carbons (Fsp3) is 0.316. The zero-order valence-corrected chi connectivity index (χ0v) is 13.7. The number of carbonyl (C=O) groups is 1. The van der Waals surface area contributed by atoms with Crippen LogP contribution >= 0.6 is 0 Å². The largest absolute Gasteiger partial charge is 0.491 e. The quantitative estimate of drug-likeness (QED) is 0.743. The van der Waals surface area contributed by atoms with Crippen molar-refractivity contribution in [1.29, 1.82) is 0 Å². The number of benzene rings is 2. The molecule has 0 aliphatic carbocycles. The summed E-state index contributed by atoms with van der Waals surface area (Å²) in [5, 5.41) is 2.83. The molecule has 1 N–H and O–H groups in total. The van der Waals surface area contributed by atoms with Gasteiger partial charge in [-0.05, 0) is 37.6 Å². The number of anilines is 1. The Hall–Kier alpha value is -2.49. The van der Waals surface area contributed by atoms with E-state index in [9.17, 15) is 4.79 Å². The molecule has 0 saturated carbocycles. The molecule has 0 heterocycles. The van der Waals surface area contributed by atoms with Gasteiger partial charge in [-0.25, -0.2) is 0 Å². The van der Waals surface area contributed by atoms with Gasteiger partial charge in [-0.1, -0.05) is 43.2 Å². The van der Waals surface area contributed by atoms with Gasteiger partial charge < -0.3 is 14.8 Å². The van der Waals surface area contributed by atoms with Gasteiger partial charge in [-0.15, -0.1) is 0 Å². The van der Waals surface area contributed by atoms with Gasteiger partial charge in [-0.2, -0.15) is 0 Å². The number of nitrogens with one attached hydrogen (secondary N) is 1. The van der Waals surface area contributed by atoms with Crippen LogP contribution in [0.3, 0.4) is 0 Å². The molecule has 2 aromatic carbocycles. The maximum absolute atomic E-state index is 12.0. The van der Waals surface area contributed by atoms with E-state index >= 15 is 0 Å². The molecule has 0 bridgehead atoms. The zero-order valence-electron chi connectivity index (χ0n) is 13.7. The van der Waals surface area contributed by atoms with Crippen molar-refractivity contribution in [3.05, 3.63) is 54.1 Å². The molecule has 0 atom stereocenters. The summed E-state index contributed by atoms with van der Waals surface area (Å²) in [6, 6.07) is 15.0. The minimum Gasteiger partial charge on any atom is -0.491 e. The third-order valence-corrected chi connectivity index (χ3v) is 3.31. The number of ether oxygens (including phenoxy) is 2. The molecule has 122 valence electrons. The third-order valence-electron chi connectivity index (χ3n) is 3.31. The van der Waals surface area contributed by atoms with Gasteiger partial charge in [0, 0.05) is 0 Å². The second-order valence-electron chi connectivity index (χ2n) is 5.35. The van der Waals surface area contributed by atoms with Crippen LogP contribution in [0.15, 0.2) is 48.5 Å². The predicted octanol–water partition coefficient (Wildman–Crippen LogP) is 4.19. The van der Waals surface area contributed by atoms with Crippen molar-refractivity contribution >= 4 is 11.6 Å². The minimum atomic E-state index is -0.211. The second kappa shape index (κ2) is 8.83. The lowest BCUT2D eigenvalue weighted by molar-refractivity contribution is -0.118. The van der Waals surface area contributed by atoms with E-state index < -0.39 is 0 Å². The number of unbranched alkanes of at least 4 members (excludes halogenated alkanes) is 1. The molecule has 0 saturated heterocycles. The Morgan fingerprint density at radius 1 is 1.04 bits per heavy atom. The Morgan fingerprint density at radius 2 is 1.78 bits per heavy atom. The molecule has 1 amide bonds. The molecule has 0 fully saturated rings. The van der Waals surface area contributed by atoms with Crippen molar-refractivity contribution in [1.82, 2.24) is 0 Å². The van der Waals surface area contributed by atoms with Crippen molar-refractivity contribution < 1.29 is 14.3 Å². The van der Waals surface area contributed by atoms with Crippen LogP contribution in [0.1, 0.15) is 25.3 Å². The number of carbonyl (C=O) groups excluding carboxylic acids is 1. The molecular formula is C19H23NO3. The normalized spacial score (nSPS) is 10.2. The van der Waals surface area contributed by atoms with Gasteiger partial charge in [0.1, 0.15) is 11.5 Å². The highest BCUT2D eigenvalue weighted by Gasteiger charge is 2.08. The van der Waals surface area contributed by atoms with Crippen molar-refractivity contribution in [2.45, 2.75) is 26.7 Å². The lowest BCUT2D eigenvalue weighted by Gasteiger charge is -2.12. The molecule has 4 heteroatoms. The van der Waals surface area contributed by atoms with Crippen LogP contribution in [0.2, 0.25) is 0 Å². The Bertz CT molecular complexity index is 623. The highest BCUT2D eigenvalue weighted by molar-refractivity contribution is 5.93. The number of rotatable bonds is 8. The number of hydrogen-bond donors (Lipinski definition) is 1. The first-order valence-corrected chi connectivity index (χ1v) is 7.90. The summed E-state index contributed by atoms with van der Waals surface area (Å²) < 4.78 is 11.2. The van der Waals surface area contributed by atoms with Crippen LogP contribution < -0.4 is 14.8 Å². The lowest BCUT2D eigenvalue weighted by Crippen LogP contribution is -2.20. The van der Waals surface area contributed by atoms with E-state index in [-0.39, 0.29) is 12.5 Å². The SMILES string of the molecule is CCCCOc1ccccc1NC(=O)COc1ccc(C)cc1. The summed E-state index contributed by atoms with van der Waals surface area (Å²) in [7, 11) is 0. The fourth-order valence-corrected chi connectivity index (χ4v) is 1.99. The Morgan fingerprint density at radius 3 is 2.52 bits per heavy atom. The molecule has 0 spiro atoms. The molecule has 0 unspecified atom stereocenters. The molecule has 2 aromatic rings. The molecule has 0 aliphatic heterocycles. The van der Waals surface area contributed by atoms with Gasteiger partial charge in [-0.3, -0.25) is 4.79 Å². The molecular weight excluding hydrogens is 290 g/mol. The first-order chi connectivity index (χ1) is 11.2. The second-order valence-corrected chi connectivity index (χ2v) is 5.35. The molecule has 0 aromatic heterocycles.